The predicted octanol–water partition coefficient (Wildman–Crippen LogP) is 4.52. The minimum Gasteiger partial charge on any atom is -0.353 e. The molecule has 3 rings (SSSR count). The molecule has 1 atom stereocenters. The maximum absolute atomic E-state index is 13.0. The van der Waals surface area contributed by atoms with E-state index in [4.69, 9.17) is 0 Å². The summed E-state index contributed by atoms with van der Waals surface area (Å²) in [7, 11) is 0. The number of halogens is 1. The van der Waals surface area contributed by atoms with Gasteiger partial charge in [-0.25, -0.2) is 4.39 Å². The van der Waals surface area contributed by atoms with Gasteiger partial charge >= 0.3 is 0 Å². The molecule has 1 fully saturated rings. The lowest BCUT2D eigenvalue weighted by molar-refractivity contribution is -0.121. The van der Waals surface area contributed by atoms with Gasteiger partial charge in [-0.2, -0.15) is 0 Å². The first-order valence-electron chi connectivity index (χ1n) is 9.12. The zero-order valence-corrected chi connectivity index (χ0v) is 14.7. The second-order valence-corrected chi connectivity index (χ2v) is 6.98. The molecule has 3 nitrogen and oxygen atoms in total. The van der Waals surface area contributed by atoms with Gasteiger partial charge < -0.3 is 5.32 Å². The molecule has 1 aromatic heterocycles. The summed E-state index contributed by atoms with van der Waals surface area (Å²) in [6, 6.07) is 10.3. The van der Waals surface area contributed by atoms with Crippen molar-refractivity contribution < 1.29 is 9.18 Å². The first kappa shape index (κ1) is 17.6. The van der Waals surface area contributed by atoms with Crippen LogP contribution in [0, 0.1) is 11.7 Å². The van der Waals surface area contributed by atoms with Gasteiger partial charge in [0.15, 0.2) is 0 Å². The van der Waals surface area contributed by atoms with Gasteiger partial charge in [-0.3, -0.25) is 9.78 Å². The molecule has 0 aliphatic heterocycles. The number of hydrogen-bond donors (Lipinski definition) is 1. The molecule has 0 radical (unpaired) electrons. The van der Waals surface area contributed by atoms with Gasteiger partial charge in [0, 0.05) is 23.5 Å². The van der Waals surface area contributed by atoms with Crippen LogP contribution in [0.25, 0.3) is 11.1 Å². The third kappa shape index (κ3) is 4.88. The number of carbonyl (C=O) groups excluding carboxylic acids is 1. The van der Waals surface area contributed by atoms with Crippen LogP contribution in [0.2, 0.25) is 0 Å². The third-order valence-corrected chi connectivity index (χ3v) is 5.09. The molecule has 1 aliphatic rings. The molecule has 0 bridgehead atoms. The van der Waals surface area contributed by atoms with E-state index in [0.717, 1.165) is 16.8 Å². The molecule has 0 unspecified atom stereocenters. The highest BCUT2D eigenvalue weighted by Gasteiger charge is 2.21. The van der Waals surface area contributed by atoms with Crippen LogP contribution in [0.5, 0.6) is 0 Å². The maximum Gasteiger partial charge on any atom is 0.226 e. The van der Waals surface area contributed by atoms with Crippen molar-refractivity contribution in [1.82, 2.24) is 10.3 Å². The molecule has 1 N–H and O–H groups in total. The van der Waals surface area contributed by atoms with Gasteiger partial charge in [0.05, 0.1) is 6.42 Å². The van der Waals surface area contributed by atoms with Gasteiger partial charge in [0.25, 0.3) is 0 Å². The Bertz CT molecular complexity index is 691. The van der Waals surface area contributed by atoms with Crippen molar-refractivity contribution in [2.24, 2.45) is 5.92 Å². The fourth-order valence-corrected chi connectivity index (χ4v) is 3.56. The number of hydrogen-bond acceptors (Lipinski definition) is 2. The van der Waals surface area contributed by atoms with E-state index in [1.54, 1.807) is 18.3 Å². The van der Waals surface area contributed by atoms with E-state index < -0.39 is 0 Å². The standard InChI is InChI=1S/C21H25FN2O/c1-15(16-5-3-2-4-6-16)24-21(25)13-20-12-9-18(14-23-20)17-7-10-19(22)11-8-17/h7-12,14-16H,2-6,13H2,1H3,(H,24,25)/t15-/m0/s1. The van der Waals surface area contributed by atoms with Crippen LogP contribution in [0.15, 0.2) is 42.6 Å². The van der Waals surface area contributed by atoms with Crippen molar-refractivity contribution in [2.45, 2.75) is 51.5 Å². The Hall–Kier alpha value is -2.23. The van der Waals surface area contributed by atoms with Gasteiger partial charge in [0.1, 0.15) is 5.82 Å². The largest absolute Gasteiger partial charge is 0.353 e. The number of amides is 1. The van der Waals surface area contributed by atoms with E-state index in [9.17, 15) is 9.18 Å². The molecule has 25 heavy (non-hydrogen) atoms. The van der Waals surface area contributed by atoms with E-state index in [0.29, 0.717) is 12.3 Å². The lowest BCUT2D eigenvalue weighted by Gasteiger charge is -2.28. The minimum absolute atomic E-state index is 0.0279. The Balaban J connectivity index is 1.55. The van der Waals surface area contributed by atoms with Crippen LogP contribution in [-0.2, 0) is 11.2 Å². The number of benzene rings is 1. The highest BCUT2D eigenvalue weighted by Crippen LogP contribution is 2.26. The monoisotopic (exact) mass is 340 g/mol. The number of carbonyl (C=O) groups is 1. The first-order chi connectivity index (χ1) is 12.1. The minimum atomic E-state index is -0.253. The summed E-state index contributed by atoms with van der Waals surface area (Å²) in [4.78, 5) is 16.6. The number of nitrogens with one attached hydrogen (secondary N) is 1. The van der Waals surface area contributed by atoms with Crippen molar-refractivity contribution in [3.8, 4) is 11.1 Å². The Kier molecular flexibility index (Phi) is 5.79. The Morgan fingerprint density at radius 1 is 1.12 bits per heavy atom. The molecule has 132 valence electrons. The van der Waals surface area contributed by atoms with Crippen LogP contribution >= 0.6 is 0 Å². The molecule has 4 heteroatoms. The zero-order chi connectivity index (χ0) is 17.6. The molecular weight excluding hydrogens is 315 g/mol. The van der Waals surface area contributed by atoms with Crippen LogP contribution in [-0.4, -0.2) is 16.9 Å². The molecule has 1 saturated carbocycles. The van der Waals surface area contributed by atoms with Crippen molar-refractivity contribution >= 4 is 5.91 Å². The number of rotatable bonds is 5. The SMILES string of the molecule is C[C@H](NC(=O)Cc1ccc(-c2ccc(F)cc2)cn1)C1CCCCC1. The molecule has 1 aliphatic carbocycles. The number of pyridine rings is 1. The first-order valence-corrected chi connectivity index (χ1v) is 9.12. The van der Waals surface area contributed by atoms with Gasteiger partial charge in [0.2, 0.25) is 5.91 Å². The van der Waals surface area contributed by atoms with Crippen LogP contribution < -0.4 is 5.32 Å². The lowest BCUT2D eigenvalue weighted by atomic mass is 9.84. The molecule has 1 aromatic carbocycles. The summed E-state index contributed by atoms with van der Waals surface area (Å²) in [5.41, 5.74) is 2.58. The predicted molar refractivity (Wildman–Crippen MR) is 97.5 cm³/mol. The van der Waals surface area contributed by atoms with Crippen LogP contribution in [0.1, 0.15) is 44.7 Å². The zero-order valence-electron chi connectivity index (χ0n) is 14.7. The smallest absolute Gasteiger partial charge is 0.226 e. The second kappa shape index (κ2) is 8.24. The van der Waals surface area contributed by atoms with Crippen molar-refractivity contribution in [3.63, 3.8) is 0 Å². The lowest BCUT2D eigenvalue weighted by Crippen LogP contribution is -2.39. The summed E-state index contributed by atoms with van der Waals surface area (Å²) in [5.74, 6) is 0.378. The number of nitrogens with zero attached hydrogens (tertiary/aromatic N) is 1. The van der Waals surface area contributed by atoms with E-state index >= 15 is 0 Å². The fourth-order valence-electron chi connectivity index (χ4n) is 3.56. The molecular formula is C21H25FN2O. The Labute approximate surface area is 148 Å². The fraction of sp³-hybridized carbons (Fsp3) is 0.429. The average molecular weight is 340 g/mol. The summed E-state index contributed by atoms with van der Waals surface area (Å²) in [6.45, 7) is 2.11. The molecule has 0 saturated heterocycles. The van der Waals surface area contributed by atoms with E-state index in [-0.39, 0.29) is 17.8 Å². The van der Waals surface area contributed by atoms with Gasteiger partial charge in [-0.05, 0) is 49.4 Å². The van der Waals surface area contributed by atoms with Crippen molar-refractivity contribution in [2.75, 3.05) is 0 Å². The summed E-state index contributed by atoms with van der Waals surface area (Å²) >= 11 is 0. The maximum atomic E-state index is 13.0. The van der Waals surface area contributed by atoms with Gasteiger partial charge in [-0.1, -0.05) is 37.5 Å². The third-order valence-electron chi connectivity index (χ3n) is 5.09. The molecule has 1 amide bonds. The second-order valence-electron chi connectivity index (χ2n) is 6.98. The van der Waals surface area contributed by atoms with E-state index in [1.807, 2.05) is 12.1 Å². The highest BCUT2D eigenvalue weighted by molar-refractivity contribution is 5.78. The normalized spacial score (nSPS) is 16.4. The summed E-state index contributed by atoms with van der Waals surface area (Å²) in [5, 5.41) is 3.13. The highest BCUT2D eigenvalue weighted by atomic mass is 19.1. The average Bonchev–Trinajstić information content (AvgIpc) is 2.64. The Morgan fingerprint density at radius 3 is 2.44 bits per heavy atom. The van der Waals surface area contributed by atoms with Crippen molar-refractivity contribution in [1.29, 1.82) is 0 Å². The summed E-state index contributed by atoms with van der Waals surface area (Å²) in [6.07, 6.45) is 8.33. The quantitative estimate of drug-likeness (QED) is 0.870. The van der Waals surface area contributed by atoms with Gasteiger partial charge in [-0.15, -0.1) is 0 Å². The van der Waals surface area contributed by atoms with Crippen molar-refractivity contribution in [3.05, 3.63) is 54.1 Å². The molecule has 1 heterocycles. The van der Waals surface area contributed by atoms with Crippen LogP contribution in [0.4, 0.5) is 4.39 Å². The molecule has 0 spiro atoms. The van der Waals surface area contributed by atoms with Crippen LogP contribution in [0.3, 0.4) is 0 Å². The van der Waals surface area contributed by atoms with E-state index in [2.05, 4.69) is 17.2 Å². The molecule has 2 aromatic rings. The Morgan fingerprint density at radius 2 is 1.80 bits per heavy atom. The topological polar surface area (TPSA) is 42.0 Å². The summed E-state index contributed by atoms with van der Waals surface area (Å²) < 4.78 is 13.0. The van der Waals surface area contributed by atoms with E-state index in [1.165, 1.54) is 44.2 Å². The number of aromatic nitrogens is 1.